The second kappa shape index (κ2) is 7.10. The third-order valence-corrected chi connectivity index (χ3v) is 2.33. The molecule has 0 amide bonds. The van der Waals surface area contributed by atoms with Crippen LogP contribution in [0, 0.1) is 6.07 Å². The van der Waals surface area contributed by atoms with E-state index in [0.29, 0.717) is 0 Å². The van der Waals surface area contributed by atoms with E-state index in [0.717, 1.165) is 17.7 Å². The van der Waals surface area contributed by atoms with Gasteiger partial charge >= 0.3 is 0 Å². The Labute approximate surface area is 92.8 Å². The Balaban J connectivity index is 2.48. The van der Waals surface area contributed by atoms with Crippen LogP contribution in [-0.2, 0) is 0 Å². The Morgan fingerprint density at radius 2 is 2.27 bits per heavy atom. The zero-order valence-electron chi connectivity index (χ0n) is 9.62. The van der Waals surface area contributed by atoms with Crippen LogP contribution in [0.2, 0.25) is 0 Å². The average Bonchev–Trinajstić information content (AvgIpc) is 2.29. The van der Waals surface area contributed by atoms with Gasteiger partial charge in [0.1, 0.15) is 5.75 Å². The molecule has 1 nitrogen and oxygen atoms in total. The molecule has 15 heavy (non-hydrogen) atoms. The van der Waals surface area contributed by atoms with Crippen molar-refractivity contribution in [2.45, 2.75) is 32.6 Å². The van der Waals surface area contributed by atoms with E-state index in [9.17, 15) is 0 Å². The molecule has 0 bridgehead atoms. The first kappa shape index (κ1) is 11.8. The number of unbranched alkanes of at least 4 members (excludes halogenated alkanes) is 3. The molecule has 0 aromatic heterocycles. The van der Waals surface area contributed by atoms with Gasteiger partial charge in [-0.25, -0.2) is 0 Å². The number of ether oxygens (including phenoxy) is 1. The lowest BCUT2D eigenvalue weighted by atomic mass is 10.1. The van der Waals surface area contributed by atoms with Crippen LogP contribution in [0.4, 0.5) is 0 Å². The minimum atomic E-state index is 0.893. The molecule has 81 valence electrons. The molecule has 0 unspecified atom stereocenters. The van der Waals surface area contributed by atoms with Crippen LogP contribution >= 0.6 is 0 Å². The second-order valence-corrected chi connectivity index (χ2v) is 3.55. The molecule has 0 spiro atoms. The van der Waals surface area contributed by atoms with Crippen molar-refractivity contribution in [2.24, 2.45) is 0 Å². The standard InChI is InChI=1S/C14H19O/c1-3-4-5-6-7-10-13-11-8-9-12-14(13)15-2/h7-10,12H,3-6H2,1-2H3. The van der Waals surface area contributed by atoms with Gasteiger partial charge in [0.2, 0.25) is 0 Å². The van der Waals surface area contributed by atoms with E-state index in [-0.39, 0.29) is 0 Å². The Kier molecular flexibility index (Phi) is 5.60. The van der Waals surface area contributed by atoms with Crippen LogP contribution in [-0.4, -0.2) is 7.11 Å². The van der Waals surface area contributed by atoms with Crippen molar-refractivity contribution in [3.05, 3.63) is 35.9 Å². The van der Waals surface area contributed by atoms with E-state index in [2.05, 4.69) is 25.1 Å². The van der Waals surface area contributed by atoms with Crippen LogP contribution in [0.15, 0.2) is 24.3 Å². The molecule has 1 rings (SSSR count). The van der Waals surface area contributed by atoms with E-state index < -0.39 is 0 Å². The van der Waals surface area contributed by atoms with Gasteiger partial charge in [-0.2, -0.15) is 0 Å². The lowest BCUT2D eigenvalue weighted by Crippen LogP contribution is -1.85. The van der Waals surface area contributed by atoms with Crippen molar-refractivity contribution >= 4 is 6.08 Å². The zero-order valence-corrected chi connectivity index (χ0v) is 9.62. The van der Waals surface area contributed by atoms with Crippen LogP contribution in [0.3, 0.4) is 0 Å². The summed E-state index contributed by atoms with van der Waals surface area (Å²) in [6.45, 7) is 2.22. The SMILES string of the molecule is CCCCCC=Cc1[c]cccc1OC. The summed E-state index contributed by atoms with van der Waals surface area (Å²) < 4.78 is 5.24. The summed E-state index contributed by atoms with van der Waals surface area (Å²) in [5.74, 6) is 0.893. The Morgan fingerprint density at radius 1 is 1.40 bits per heavy atom. The van der Waals surface area contributed by atoms with Gasteiger partial charge in [0.25, 0.3) is 0 Å². The molecule has 0 atom stereocenters. The van der Waals surface area contributed by atoms with Crippen molar-refractivity contribution in [3.8, 4) is 5.75 Å². The molecule has 0 fully saturated rings. The van der Waals surface area contributed by atoms with Gasteiger partial charge < -0.3 is 4.74 Å². The maximum atomic E-state index is 5.24. The molecule has 0 aliphatic heterocycles. The highest BCUT2D eigenvalue weighted by atomic mass is 16.5. The molecular formula is C14H19O. The summed E-state index contributed by atoms with van der Waals surface area (Å²) >= 11 is 0. The predicted molar refractivity (Wildman–Crippen MR) is 65.0 cm³/mol. The minimum absolute atomic E-state index is 0.893. The van der Waals surface area contributed by atoms with Crippen molar-refractivity contribution in [1.82, 2.24) is 0 Å². The van der Waals surface area contributed by atoms with Gasteiger partial charge in [0.15, 0.2) is 0 Å². The topological polar surface area (TPSA) is 9.23 Å². The highest BCUT2D eigenvalue weighted by Crippen LogP contribution is 2.18. The summed E-state index contributed by atoms with van der Waals surface area (Å²) in [7, 11) is 1.69. The molecule has 0 aliphatic rings. The Bertz CT molecular complexity index is 302. The van der Waals surface area contributed by atoms with E-state index in [4.69, 9.17) is 4.74 Å². The maximum absolute atomic E-state index is 5.24. The molecule has 1 heteroatoms. The summed E-state index contributed by atoms with van der Waals surface area (Å²) in [6.07, 6.45) is 9.27. The maximum Gasteiger partial charge on any atom is 0.126 e. The first-order chi connectivity index (χ1) is 7.38. The third kappa shape index (κ3) is 4.20. The lowest BCUT2D eigenvalue weighted by molar-refractivity contribution is 0.413. The molecule has 0 aliphatic carbocycles. The lowest BCUT2D eigenvalue weighted by Gasteiger charge is -2.02. The molecule has 0 saturated heterocycles. The number of methoxy groups -OCH3 is 1. The van der Waals surface area contributed by atoms with Crippen LogP contribution in [0.25, 0.3) is 6.08 Å². The fourth-order valence-corrected chi connectivity index (χ4v) is 1.46. The number of allylic oxidation sites excluding steroid dienone is 1. The van der Waals surface area contributed by atoms with Crippen LogP contribution in [0.1, 0.15) is 38.2 Å². The highest BCUT2D eigenvalue weighted by Gasteiger charge is 1.95. The number of hydrogen-bond acceptors (Lipinski definition) is 1. The minimum Gasteiger partial charge on any atom is -0.496 e. The third-order valence-electron chi connectivity index (χ3n) is 2.33. The molecule has 0 N–H and O–H groups in total. The van der Waals surface area contributed by atoms with Gasteiger partial charge in [0.05, 0.1) is 7.11 Å². The van der Waals surface area contributed by atoms with Gasteiger partial charge in [-0.05, 0) is 25.0 Å². The van der Waals surface area contributed by atoms with Gasteiger partial charge in [-0.3, -0.25) is 0 Å². The number of hydrogen-bond donors (Lipinski definition) is 0. The Hall–Kier alpha value is -1.24. The van der Waals surface area contributed by atoms with E-state index >= 15 is 0 Å². The van der Waals surface area contributed by atoms with E-state index in [1.165, 1.54) is 19.3 Å². The monoisotopic (exact) mass is 203 g/mol. The van der Waals surface area contributed by atoms with E-state index in [1.54, 1.807) is 7.11 Å². The van der Waals surface area contributed by atoms with Crippen molar-refractivity contribution in [1.29, 1.82) is 0 Å². The van der Waals surface area contributed by atoms with Gasteiger partial charge in [0, 0.05) is 5.56 Å². The molecule has 0 saturated carbocycles. The summed E-state index contributed by atoms with van der Waals surface area (Å²) in [4.78, 5) is 0. The van der Waals surface area contributed by atoms with Crippen molar-refractivity contribution in [3.63, 3.8) is 0 Å². The first-order valence-corrected chi connectivity index (χ1v) is 5.59. The van der Waals surface area contributed by atoms with Crippen LogP contribution < -0.4 is 4.74 Å². The smallest absolute Gasteiger partial charge is 0.126 e. The van der Waals surface area contributed by atoms with E-state index in [1.807, 2.05) is 18.2 Å². The zero-order chi connectivity index (χ0) is 10.9. The fraction of sp³-hybridized carbons (Fsp3) is 0.429. The molecule has 1 aromatic carbocycles. The molecular weight excluding hydrogens is 184 g/mol. The highest BCUT2D eigenvalue weighted by molar-refractivity contribution is 5.56. The fourth-order valence-electron chi connectivity index (χ4n) is 1.46. The van der Waals surface area contributed by atoms with Crippen molar-refractivity contribution < 1.29 is 4.74 Å². The number of rotatable bonds is 6. The van der Waals surface area contributed by atoms with Crippen LogP contribution in [0.5, 0.6) is 5.75 Å². The molecule has 1 radical (unpaired) electrons. The quantitative estimate of drug-likeness (QED) is 0.633. The Morgan fingerprint density at radius 3 is 3.00 bits per heavy atom. The van der Waals surface area contributed by atoms with Crippen molar-refractivity contribution in [2.75, 3.05) is 7.11 Å². The molecule has 1 aromatic rings. The first-order valence-electron chi connectivity index (χ1n) is 5.59. The average molecular weight is 203 g/mol. The molecule has 0 heterocycles. The normalized spacial score (nSPS) is 10.8. The van der Waals surface area contributed by atoms with Gasteiger partial charge in [-0.1, -0.05) is 44.1 Å². The predicted octanol–water partition coefficient (Wildman–Crippen LogP) is 4.09. The largest absolute Gasteiger partial charge is 0.496 e. The van der Waals surface area contributed by atoms with Gasteiger partial charge in [-0.15, -0.1) is 0 Å². The second-order valence-electron chi connectivity index (χ2n) is 3.55. The number of benzene rings is 1. The summed E-state index contributed by atoms with van der Waals surface area (Å²) in [5.41, 5.74) is 1.04. The summed E-state index contributed by atoms with van der Waals surface area (Å²) in [5, 5.41) is 0. The summed E-state index contributed by atoms with van der Waals surface area (Å²) in [6, 6.07) is 8.98.